The molecule has 9 nitrogen and oxygen atoms in total. The van der Waals surface area contributed by atoms with Gasteiger partial charge in [-0.25, -0.2) is 9.50 Å². The molecule has 198 valence electrons. The number of rotatable bonds is 5. The van der Waals surface area contributed by atoms with Crippen LogP contribution in [0.15, 0.2) is 30.6 Å². The lowest BCUT2D eigenvalue weighted by Crippen LogP contribution is -2.65. The number of thioether (sulfide) groups is 1. The minimum absolute atomic E-state index is 0.120. The van der Waals surface area contributed by atoms with E-state index in [0.29, 0.717) is 17.0 Å². The number of piperazine rings is 1. The van der Waals surface area contributed by atoms with Crippen LogP contribution in [-0.2, 0) is 15.8 Å². The Morgan fingerprint density at radius 1 is 1.24 bits per heavy atom. The number of carbonyl (C=O) groups is 2. The summed E-state index contributed by atoms with van der Waals surface area (Å²) in [4.78, 5) is 33.4. The van der Waals surface area contributed by atoms with Gasteiger partial charge in [-0.2, -0.15) is 30.0 Å². The van der Waals surface area contributed by atoms with Gasteiger partial charge in [0.15, 0.2) is 5.82 Å². The van der Waals surface area contributed by atoms with E-state index in [1.54, 1.807) is 43.9 Å². The summed E-state index contributed by atoms with van der Waals surface area (Å²) < 4.78 is 48.0. The van der Waals surface area contributed by atoms with Gasteiger partial charge in [0, 0.05) is 18.7 Å². The van der Waals surface area contributed by atoms with Crippen LogP contribution in [0.3, 0.4) is 0 Å². The summed E-state index contributed by atoms with van der Waals surface area (Å²) in [6.07, 6.45) is -1.78. The zero-order valence-corrected chi connectivity index (χ0v) is 21.8. The predicted molar refractivity (Wildman–Crippen MR) is 136 cm³/mol. The first-order chi connectivity index (χ1) is 17.3. The van der Waals surface area contributed by atoms with Gasteiger partial charge in [0.1, 0.15) is 23.1 Å². The normalized spacial score (nSPS) is 16.8. The Morgan fingerprint density at radius 3 is 2.57 bits per heavy atom. The molecule has 2 aromatic heterocycles. The third-order valence-electron chi connectivity index (χ3n) is 6.61. The summed E-state index contributed by atoms with van der Waals surface area (Å²) in [6.45, 7) is 5.62. The van der Waals surface area contributed by atoms with Crippen LogP contribution in [0.4, 0.5) is 24.7 Å². The number of halogens is 3. The molecule has 3 aromatic rings. The fourth-order valence-electron chi connectivity index (χ4n) is 4.51. The Morgan fingerprint density at radius 2 is 1.95 bits per heavy atom. The SMILES string of the molecule is COc1ccc(-c2cc(C(F)(F)F)c3c(N)ncnn23)cc1N1CCN(C(=O)C(C)SC)C(C)(C)C1=O. The quantitative estimate of drug-likeness (QED) is 0.530. The van der Waals surface area contributed by atoms with Gasteiger partial charge in [-0.05, 0) is 51.3 Å². The van der Waals surface area contributed by atoms with Crippen molar-refractivity contribution in [3.8, 4) is 17.0 Å². The molecular formula is C24H27F3N6O3S. The lowest BCUT2D eigenvalue weighted by molar-refractivity contribution is -0.146. The first-order valence-electron chi connectivity index (χ1n) is 11.4. The predicted octanol–water partition coefficient (Wildman–Crippen LogP) is 3.71. The highest BCUT2D eigenvalue weighted by Gasteiger charge is 2.46. The van der Waals surface area contributed by atoms with Crippen LogP contribution in [-0.4, -0.2) is 68.6 Å². The van der Waals surface area contributed by atoms with Crippen molar-refractivity contribution in [1.29, 1.82) is 0 Å². The molecule has 2 N–H and O–H groups in total. The Kier molecular flexibility index (Phi) is 6.78. The first kappa shape index (κ1) is 26.6. The van der Waals surface area contributed by atoms with E-state index in [1.807, 2.05) is 6.26 Å². The molecule has 0 radical (unpaired) electrons. The third-order valence-corrected chi connectivity index (χ3v) is 7.52. The fraction of sp³-hybridized carbons (Fsp3) is 0.417. The number of amides is 2. The number of benzene rings is 1. The van der Waals surface area contributed by atoms with Gasteiger partial charge in [0.25, 0.3) is 5.91 Å². The minimum atomic E-state index is -4.69. The Hall–Kier alpha value is -3.48. The van der Waals surface area contributed by atoms with Gasteiger partial charge in [-0.15, -0.1) is 0 Å². The van der Waals surface area contributed by atoms with Crippen molar-refractivity contribution < 1.29 is 27.5 Å². The van der Waals surface area contributed by atoms with E-state index < -0.39 is 17.3 Å². The average Bonchev–Trinajstić information content (AvgIpc) is 3.26. The Balaban J connectivity index is 1.81. The number of hydrogen-bond acceptors (Lipinski definition) is 7. The van der Waals surface area contributed by atoms with Crippen LogP contribution in [0.1, 0.15) is 26.3 Å². The number of anilines is 2. The number of fused-ring (bicyclic) bond motifs is 1. The number of methoxy groups -OCH3 is 1. The van der Waals surface area contributed by atoms with Crippen molar-refractivity contribution in [3.05, 3.63) is 36.2 Å². The molecule has 37 heavy (non-hydrogen) atoms. The van der Waals surface area contributed by atoms with Crippen molar-refractivity contribution in [2.24, 2.45) is 0 Å². The molecule has 13 heteroatoms. The summed E-state index contributed by atoms with van der Waals surface area (Å²) in [5.41, 5.74) is 4.16. The lowest BCUT2D eigenvalue weighted by atomic mass is 9.95. The standard InChI is InChI=1S/C24H27F3N6O3S/c1-13(37-5)21(34)32-9-8-31(22(35)23(32,2)3)17-10-14(6-7-18(17)36-4)16-11-15(24(25,26)27)19-20(28)29-12-30-33(16)19/h6-7,10-13H,8-9H2,1-5H3,(H2,28,29,30). The molecule has 1 aliphatic heterocycles. The van der Waals surface area contributed by atoms with Crippen LogP contribution in [0.5, 0.6) is 5.75 Å². The van der Waals surface area contributed by atoms with Gasteiger partial charge in [-0.1, -0.05) is 0 Å². The maximum absolute atomic E-state index is 13.8. The first-order valence-corrected chi connectivity index (χ1v) is 12.7. The van der Waals surface area contributed by atoms with Gasteiger partial charge in [0.2, 0.25) is 5.91 Å². The molecular weight excluding hydrogens is 509 g/mol. The molecule has 3 heterocycles. The molecule has 1 aromatic carbocycles. The van der Waals surface area contributed by atoms with Crippen molar-refractivity contribution in [2.75, 3.05) is 37.1 Å². The number of ether oxygens (including phenoxy) is 1. The Bertz CT molecular complexity index is 1370. The number of nitrogens with zero attached hydrogens (tertiary/aromatic N) is 5. The van der Waals surface area contributed by atoms with Crippen molar-refractivity contribution >= 4 is 40.6 Å². The van der Waals surface area contributed by atoms with Crippen LogP contribution < -0.4 is 15.4 Å². The summed E-state index contributed by atoms with van der Waals surface area (Å²) in [7, 11) is 1.44. The highest BCUT2D eigenvalue weighted by atomic mass is 32.2. The van der Waals surface area contributed by atoms with Gasteiger partial charge in [0.05, 0.1) is 29.3 Å². The number of nitrogens with two attached hydrogens (primary N) is 1. The molecule has 4 rings (SSSR count). The van der Waals surface area contributed by atoms with E-state index in [9.17, 15) is 22.8 Å². The second-order valence-corrected chi connectivity index (χ2v) is 10.3. The largest absolute Gasteiger partial charge is 0.495 e. The van der Waals surface area contributed by atoms with Crippen LogP contribution >= 0.6 is 11.8 Å². The van der Waals surface area contributed by atoms with E-state index >= 15 is 0 Å². The highest BCUT2D eigenvalue weighted by molar-refractivity contribution is 7.99. The molecule has 0 spiro atoms. The maximum Gasteiger partial charge on any atom is 0.418 e. The monoisotopic (exact) mass is 536 g/mol. The van der Waals surface area contributed by atoms with Crippen molar-refractivity contribution in [3.63, 3.8) is 0 Å². The minimum Gasteiger partial charge on any atom is -0.495 e. The zero-order chi connectivity index (χ0) is 27.3. The molecule has 1 fully saturated rings. The molecule has 1 aliphatic rings. The van der Waals surface area contributed by atoms with E-state index in [-0.39, 0.29) is 47.2 Å². The van der Waals surface area contributed by atoms with Crippen LogP contribution in [0.2, 0.25) is 0 Å². The number of hydrogen-bond donors (Lipinski definition) is 1. The average molecular weight is 537 g/mol. The molecule has 0 bridgehead atoms. The molecule has 1 saturated heterocycles. The molecule has 0 saturated carbocycles. The van der Waals surface area contributed by atoms with E-state index in [4.69, 9.17) is 10.5 Å². The van der Waals surface area contributed by atoms with E-state index in [0.717, 1.165) is 16.9 Å². The number of alkyl halides is 3. The van der Waals surface area contributed by atoms with Crippen molar-refractivity contribution in [2.45, 2.75) is 37.7 Å². The van der Waals surface area contributed by atoms with E-state index in [2.05, 4.69) is 10.1 Å². The smallest absolute Gasteiger partial charge is 0.418 e. The topological polar surface area (TPSA) is 106 Å². The lowest BCUT2D eigenvalue weighted by Gasteiger charge is -2.46. The molecule has 2 amide bonds. The number of carbonyl (C=O) groups excluding carboxylic acids is 2. The number of aromatic nitrogens is 3. The summed E-state index contributed by atoms with van der Waals surface area (Å²) in [5.74, 6) is -0.419. The Labute approximate surface area is 215 Å². The van der Waals surface area contributed by atoms with Crippen LogP contribution in [0.25, 0.3) is 16.8 Å². The van der Waals surface area contributed by atoms with Gasteiger partial charge in [-0.3, -0.25) is 9.59 Å². The highest BCUT2D eigenvalue weighted by Crippen LogP contribution is 2.41. The third kappa shape index (κ3) is 4.45. The molecule has 1 unspecified atom stereocenters. The van der Waals surface area contributed by atoms with Crippen LogP contribution in [0, 0.1) is 0 Å². The molecule has 1 atom stereocenters. The second kappa shape index (κ2) is 9.43. The van der Waals surface area contributed by atoms with Gasteiger partial charge >= 0.3 is 6.18 Å². The second-order valence-electron chi connectivity index (χ2n) is 9.12. The van der Waals surface area contributed by atoms with Gasteiger partial charge < -0.3 is 20.3 Å². The summed E-state index contributed by atoms with van der Waals surface area (Å²) in [5, 5.41) is 3.69. The number of nitrogen functional groups attached to an aromatic ring is 1. The van der Waals surface area contributed by atoms with Crippen molar-refractivity contribution in [1.82, 2.24) is 19.5 Å². The zero-order valence-electron chi connectivity index (χ0n) is 21.0. The van der Waals surface area contributed by atoms with E-state index in [1.165, 1.54) is 23.8 Å². The fourth-order valence-corrected chi connectivity index (χ4v) is 4.84. The summed E-state index contributed by atoms with van der Waals surface area (Å²) in [6, 6.07) is 5.70. The summed E-state index contributed by atoms with van der Waals surface area (Å²) >= 11 is 1.40. The molecule has 0 aliphatic carbocycles. The maximum atomic E-state index is 13.8.